The molecule has 1 fully saturated rings. The summed E-state index contributed by atoms with van der Waals surface area (Å²) >= 11 is 0. The molecule has 0 heterocycles. The van der Waals surface area contributed by atoms with Crippen LogP contribution in [0.5, 0.6) is 0 Å². The average Bonchev–Trinajstić information content (AvgIpc) is 1.75. The van der Waals surface area contributed by atoms with Gasteiger partial charge in [-0.15, -0.1) is 0 Å². The molecule has 0 bridgehead atoms. The van der Waals surface area contributed by atoms with Crippen LogP contribution in [0.15, 0.2) is 0 Å². The van der Waals surface area contributed by atoms with Crippen LogP contribution < -0.4 is 0 Å². The van der Waals surface area contributed by atoms with Gasteiger partial charge in [-0.3, -0.25) is 0 Å². The monoisotopic (exact) mass is 158 g/mol. The third-order valence-corrected chi connectivity index (χ3v) is 2.81. The Balaban J connectivity index is 2.44. The van der Waals surface area contributed by atoms with Gasteiger partial charge in [-0.05, 0) is 24.7 Å². The first-order chi connectivity index (χ1) is 5.13. The number of aliphatic hydroxyl groups excluding tert-OH is 1. The van der Waals surface area contributed by atoms with E-state index in [9.17, 15) is 0 Å². The summed E-state index contributed by atoms with van der Waals surface area (Å²) < 4.78 is 0. The summed E-state index contributed by atoms with van der Waals surface area (Å²) in [5.41, 5.74) is 0. The van der Waals surface area contributed by atoms with Crippen LogP contribution in [-0.2, 0) is 0 Å². The Hall–Kier alpha value is -0.0800. The zero-order chi connectivity index (χ0) is 8.43. The van der Waals surface area contributed by atoms with E-state index in [0.717, 1.165) is 0 Å². The highest BCUT2D eigenvalue weighted by atomic mass is 16.5. The van der Waals surface area contributed by atoms with Gasteiger partial charge in [0.2, 0.25) is 0 Å². The van der Waals surface area contributed by atoms with Gasteiger partial charge in [0.25, 0.3) is 0 Å². The van der Waals surface area contributed by atoms with Gasteiger partial charge in [-0.2, -0.15) is 0 Å². The molecule has 2 N–H and O–H groups in total. The van der Waals surface area contributed by atoms with Crippen molar-refractivity contribution in [2.24, 2.45) is 17.8 Å². The molecule has 1 unspecified atom stereocenters. The van der Waals surface area contributed by atoms with Crippen molar-refractivity contribution in [1.29, 1.82) is 0 Å². The zero-order valence-corrected chi connectivity index (χ0v) is 7.33. The second-order valence-electron chi connectivity index (χ2n) is 3.93. The molecule has 0 radical (unpaired) electrons. The lowest BCUT2D eigenvalue weighted by Gasteiger charge is -2.37. The van der Waals surface area contributed by atoms with Gasteiger partial charge in [0.1, 0.15) is 0 Å². The van der Waals surface area contributed by atoms with Crippen LogP contribution in [0, 0.1) is 17.8 Å². The fourth-order valence-corrected chi connectivity index (χ4v) is 1.96. The molecule has 1 aliphatic carbocycles. The lowest BCUT2D eigenvalue weighted by molar-refractivity contribution is -0.125. The van der Waals surface area contributed by atoms with Crippen molar-refractivity contribution in [2.45, 2.75) is 39.4 Å². The third-order valence-electron chi connectivity index (χ3n) is 2.81. The first kappa shape index (κ1) is 9.01. The quantitative estimate of drug-likeness (QED) is 0.609. The number of hydrogen-bond acceptors (Lipinski definition) is 2. The van der Waals surface area contributed by atoms with E-state index < -0.39 is 6.29 Å². The molecular weight excluding hydrogens is 140 g/mol. The number of hydrogen-bond donors (Lipinski definition) is 2. The van der Waals surface area contributed by atoms with Gasteiger partial charge in [-0.25, -0.2) is 0 Å². The number of rotatable bonds is 3. The Labute approximate surface area is 68.2 Å². The van der Waals surface area contributed by atoms with E-state index >= 15 is 0 Å². The third kappa shape index (κ3) is 1.94. The van der Waals surface area contributed by atoms with E-state index in [4.69, 9.17) is 10.2 Å². The van der Waals surface area contributed by atoms with E-state index in [1.165, 1.54) is 19.3 Å². The Bertz CT molecular complexity index is 109. The van der Waals surface area contributed by atoms with Crippen LogP contribution >= 0.6 is 0 Å². The molecule has 2 nitrogen and oxygen atoms in total. The van der Waals surface area contributed by atoms with Crippen molar-refractivity contribution in [3.8, 4) is 0 Å². The van der Waals surface area contributed by atoms with Gasteiger partial charge in [-0.1, -0.05) is 20.3 Å². The van der Waals surface area contributed by atoms with Gasteiger partial charge in [0, 0.05) is 5.92 Å². The molecule has 1 rings (SSSR count). The molecule has 0 aromatic heterocycles. The molecule has 0 aromatic carbocycles. The Morgan fingerprint density at radius 3 is 1.82 bits per heavy atom. The molecule has 66 valence electrons. The van der Waals surface area contributed by atoms with E-state index in [1.807, 2.05) is 0 Å². The smallest absolute Gasteiger partial charge is 0.154 e. The van der Waals surface area contributed by atoms with E-state index in [-0.39, 0.29) is 5.92 Å². The first-order valence-corrected chi connectivity index (χ1v) is 4.49. The molecule has 1 aliphatic rings. The maximum absolute atomic E-state index is 9.07. The highest BCUT2D eigenvalue weighted by molar-refractivity contribution is 4.80. The minimum absolute atomic E-state index is 0.101. The van der Waals surface area contributed by atoms with Crippen LogP contribution in [0.4, 0.5) is 0 Å². The topological polar surface area (TPSA) is 40.5 Å². The Morgan fingerprint density at radius 1 is 1.18 bits per heavy atom. The van der Waals surface area contributed by atoms with Gasteiger partial charge < -0.3 is 10.2 Å². The summed E-state index contributed by atoms with van der Waals surface area (Å²) in [7, 11) is 0. The predicted octanol–water partition coefficient (Wildman–Crippen LogP) is 1.37. The van der Waals surface area contributed by atoms with Crippen molar-refractivity contribution in [3.63, 3.8) is 0 Å². The number of aliphatic hydroxyl groups is 2. The van der Waals surface area contributed by atoms with Crippen molar-refractivity contribution in [3.05, 3.63) is 0 Å². The average molecular weight is 158 g/mol. The van der Waals surface area contributed by atoms with Crippen LogP contribution in [0.3, 0.4) is 0 Å². The summed E-state index contributed by atoms with van der Waals surface area (Å²) in [5, 5.41) is 18.1. The molecule has 0 saturated heterocycles. The summed E-state index contributed by atoms with van der Waals surface area (Å²) in [4.78, 5) is 0. The second kappa shape index (κ2) is 3.55. The zero-order valence-electron chi connectivity index (χ0n) is 7.33. The molecule has 0 aromatic rings. The second-order valence-corrected chi connectivity index (χ2v) is 3.93. The van der Waals surface area contributed by atoms with Crippen LogP contribution in [-0.4, -0.2) is 16.5 Å². The predicted molar refractivity (Wildman–Crippen MR) is 43.9 cm³/mol. The summed E-state index contributed by atoms with van der Waals surface area (Å²) in [5.74, 6) is 1.05. The summed E-state index contributed by atoms with van der Waals surface area (Å²) in [6, 6.07) is 0. The molecule has 0 aliphatic heterocycles. The maximum Gasteiger partial charge on any atom is 0.154 e. The molecule has 11 heavy (non-hydrogen) atoms. The van der Waals surface area contributed by atoms with Gasteiger partial charge >= 0.3 is 0 Å². The van der Waals surface area contributed by atoms with Crippen LogP contribution in [0.1, 0.15) is 33.1 Å². The van der Waals surface area contributed by atoms with Crippen molar-refractivity contribution >= 4 is 0 Å². The summed E-state index contributed by atoms with van der Waals surface area (Å²) in [6.45, 7) is 4.12. The van der Waals surface area contributed by atoms with Crippen molar-refractivity contribution < 1.29 is 10.2 Å². The van der Waals surface area contributed by atoms with E-state index in [1.54, 1.807) is 0 Å². The molecule has 0 amide bonds. The minimum Gasteiger partial charge on any atom is -0.368 e. The Kier molecular flexibility index (Phi) is 2.90. The highest BCUT2D eigenvalue weighted by Crippen LogP contribution is 2.38. The lowest BCUT2D eigenvalue weighted by atomic mass is 9.71. The normalized spacial score (nSPS) is 22.4. The van der Waals surface area contributed by atoms with Crippen LogP contribution in [0.25, 0.3) is 0 Å². The molecule has 1 saturated carbocycles. The SMILES string of the molecule is CC(C)C(C(O)O)C1CCC1. The van der Waals surface area contributed by atoms with E-state index in [2.05, 4.69) is 13.8 Å². The first-order valence-electron chi connectivity index (χ1n) is 4.49. The maximum atomic E-state index is 9.07. The fourth-order valence-electron chi connectivity index (χ4n) is 1.96. The van der Waals surface area contributed by atoms with Crippen LogP contribution in [0.2, 0.25) is 0 Å². The molecule has 0 spiro atoms. The van der Waals surface area contributed by atoms with E-state index in [0.29, 0.717) is 11.8 Å². The fraction of sp³-hybridized carbons (Fsp3) is 1.00. The highest BCUT2D eigenvalue weighted by Gasteiger charge is 2.33. The van der Waals surface area contributed by atoms with Crippen molar-refractivity contribution in [1.82, 2.24) is 0 Å². The van der Waals surface area contributed by atoms with Crippen molar-refractivity contribution in [2.75, 3.05) is 0 Å². The molecular formula is C9H18O2. The Morgan fingerprint density at radius 2 is 1.73 bits per heavy atom. The van der Waals surface area contributed by atoms with Gasteiger partial charge in [0.15, 0.2) is 6.29 Å². The molecule has 1 atom stereocenters. The minimum atomic E-state index is -1.11. The van der Waals surface area contributed by atoms with Gasteiger partial charge in [0.05, 0.1) is 0 Å². The standard InChI is InChI=1S/C9H18O2/c1-6(2)8(9(10)11)7-4-3-5-7/h6-11H,3-5H2,1-2H3. The summed E-state index contributed by atoms with van der Waals surface area (Å²) in [6.07, 6.45) is 2.52. The lowest BCUT2D eigenvalue weighted by Crippen LogP contribution is -2.35. The largest absolute Gasteiger partial charge is 0.368 e. The molecule has 2 heteroatoms.